The van der Waals surface area contributed by atoms with Gasteiger partial charge in [-0.1, -0.05) is 0 Å². The average molecular weight is 206 g/mol. The van der Waals surface area contributed by atoms with Crippen LogP contribution in [0.15, 0.2) is 0 Å². The molecule has 7 nitrogen and oxygen atoms in total. The molecule has 78 valence electrons. The zero-order valence-electron chi connectivity index (χ0n) is 8.33. The number of hydrogen-bond donors (Lipinski definition) is 3. The van der Waals surface area contributed by atoms with E-state index in [2.05, 4.69) is 25.3 Å². The zero-order chi connectivity index (χ0) is 11.0. The second-order valence-electron chi connectivity index (χ2n) is 3.13. The molecule has 0 fully saturated rings. The number of fused-ring (bicyclic) bond motifs is 1. The summed E-state index contributed by atoms with van der Waals surface area (Å²) in [5, 5.41) is 2.56. The lowest BCUT2D eigenvalue weighted by atomic mass is 10.5. The SMILES string of the molecule is CC(=O)Nc1nc(N)nc2nc(C)[nH]c12. The van der Waals surface area contributed by atoms with Gasteiger partial charge in [-0.25, -0.2) is 4.98 Å². The molecule has 0 aromatic carbocycles. The first kappa shape index (κ1) is 9.38. The summed E-state index contributed by atoms with van der Waals surface area (Å²) in [6.45, 7) is 3.18. The van der Waals surface area contributed by atoms with E-state index in [-0.39, 0.29) is 11.9 Å². The van der Waals surface area contributed by atoms with Crippen LogP contribution in [0.2, 0.25) is 0 Å². The van der Waals surface area contributed by atoms with Gasteiger partial charge in [0.1, 0.15) is 11.3 Å². The van der Waals surface area contributed by atoms with Gasteiger partial charge >= 0.3 is 0 Å². The predicted molar refractivity (Wildman–Crippen MR) is 55.1 cm³/mol. The maximum absolute atomic E-state index is 10.9. The number of nitrogens with zero attached hydrogens (tertiary/aromatic N) is 3. The van der Waals surface area contributed by atoms with E-state index in [0.717, 1.165) is 0 Å². The topological polar surface area (TPSA) is 110 Å². The third-order valence-corrected chi connectivity index (χ3v) is 1.78. The van der Waals surface area contributed by atoms with Gasteiger partial charge in [-0.2, -0.15) is 9.97 Å². The van der Waals surface area contributed by atoms with Crippen LogP contribution in [0, 0.1) is 6.92 Å². The molecule has 0 saturated carbocycles. The molecule has 2 aromatic rings. The van der Waals surface area contributed by atoms with Crippen LogP contribution in [-0.2, 0) is 4.79 Å². The van der Waals surface area contributed by atoms with Gasteiger partial charge in [0.2, 0.25) is 11.9 Å². The number of nitrogens with two attached hydrogens (primary N) is 1. The Morgan fingerprint density at radius 2 is 2.13 bits per heavy atom. The fourth-order valence-electron chi connectivity index (χ4n) is 1.29. The lowest BCUT2D eigenvalue weighted by molar-refractivity contribution is -0.114. The van der Waals surface area contributed by atoms with Crippen LogP contribution in [0.1, 0.15) is 12.7 Å². The van der Waals surface area contributed by atoms with E-state index < -0.39 is 0 Å². The number of H-pyrrole nitrogens is 1. The standard InChI is InChI=1S/C8H10N6O/c1-3-10-5-6(11-3)13-8(9)14-7(5)12-4(2)15/h1-2H3,(H4,9,10,11,12,13,14,15). The quantitative estimate of drug-likeness (QED) is 0.617. The van der Waals surface area contributed by atoms with Gasteiger partial charge in [0, 0.05) is 6.92 Å². The highest BCUT2D eigenvalue weighted by Crippen LogP contribution is 2.18. The Bertz CT molecular complexity index is 531. The summed E-state index contributed by atoms with van der Waals surface area (Å²) in [6.07, 6.45) is 0. The Kier molecular flexibility index (Phi) is 2.00. The number of rotatable bonds is 1. The minimum atomic E-state index is -0.221. The van der Waals surface area contributed by atoms with Gasteiger partial charge in [0.05, 0.1) is 0 Å². The number of aryl methyl sites for hydroxylation is 1. The molecule has 1 amide bonds. The lowest BCUT2D eigenvalue weighted by Gasteiger charge is -2.02. The van der Waals surface area contributed by atoms with Crippen molar-refractivity contribution < 1.29 is 4.79 Å². The van der Waals surface area contributed by atoms with Gasteiger partial charge < -0.3 is 16.0 Å². The number of carbonyl (C=O) groups is 1. The second kappa shape index (κ2) is 3.19. The largest absolute Gasteiger partial charge is 0.368 e. The molecule has 0 atom stereocenters. The smallest absolute Gasteiger partial charge is 0.224 e. The Labute approximate surface area is 85.1 Å². The van der Waals surface area contributed by atoms with Crippen molar-refractivity contribution in [3.63, 3.8) is 0 Å². The van der Waals surface area contributed by atoms with Crippen molar-refractivity contribution in [1.29, 1.82) is 0 Å². The number of nitrogens with one attached hydrogen (secondary N) is 2. The van der Waals surface area contributed by atoms with Crippen LogP contribution in [-0.4, -0.2) is 25.8 Å². The molecule has 7 heteroatoms. The van der Waals surface area contributed by atoms with E-state index in [1.54, 1.807) is 6.92 Å². The number of hydrogen-bond acceptors (Lipinski definition) is 5. The fourth-order valence-corrected chi connectivity index (χ4v) is 1.29. The van der Waals surface area contributed by atoms with Crippen molar-refractivity contribution in [2.24, 2.45) is 0 Å². The Morgan fingerprint density at radius 1 is 1.40 bits per heavy atom. The van der Waals surface area contributed by atoms with E-state index in [9.17, 15) is 4.79 Å². The van der Waals surface area contributed by atoms with Gasteiger partial charge in [0.15, 0.2) is 11.5 Å². The first-order chi connectivity index (χ1) is 7.06. The number of aromatic nitrogens is 4. The molecule has 2 aromatic heterocycles. The number of aromatic amines is 1. The molecule has 0 saturated heterocycles. The lowest BCUT2D eigenvalue weighted by Crippen LogP contribution is -2.09. The first-order valence-electron chi connectivity index (χ1n) is 4.33. The monoisotopic (exact) mass is 206 g/mol. The van der Waals surface area contributed by atoms with Gasteiger partial charge in [0.25, 0.3) is 0 Å². The van der Waals surface area contributed by atoms with E-state index >= 15 is 0 Å². The molecule has 0 spiro atoms. The molecule has 15 heavy (non-hydrogen) atoms. The molecule has 0 aliphatic heterocycles. The number of nitrogen functional groups attached to an aromatic ring is 1. The van der Waals surface area contributed by atoms with E-state index in [0.29, 0.717) is 22.8 Å². The maximum atomic E-state index is 10.9. The van der Waals surface area contributed by atoms with Crippen molar-refractivity contribution >= 4 is 28.8 Å². The van der Waals surface area contributed by atoms with Crippen molar-refractivity contribution in [3.05, 3.63) is 5.82 Å². The summed E-state index contributed by atoms with van der Waals surface area (Å²) in [7, 11) is 0. The van der Waals surface area contributed by atoms with Crippen LogP contribution < -0.4 is 11.1 Å². The minimum Gasteiger partial charge on any atom is -0.368 e. The average Bonchev–Trinajstić information content (AvgIpc) is 2.44. The molecule has 0 unspecified atom stereocenters. The number of carbonyl (C=O) groups excluding carboxylic acids is 1. The van der Waals surface area contributed by atoms with E-state index in [1.807, 2.05) is 0 Å². The molecule has 0 aliphatic carbocycles. The number of anilines is 2. The molecule has 0 radical (unpaired) electrons. The Morgan fingerprint density at radius 3 is 2.80 bits per heavy atom. The maximum Gasteiger partial charge on any atom is 0.224 e. The summed E-state index contributed by atoms with van der Waals surface area (Å²) in [5.41, 5.74) is 6.51. The number of amides is 1. The summed E-state index contributed by atoms with van der Waals surface area (Å²) in [6, 6.07) is 0. The summed E-state index contributed by atoms with van der Waals surface area (Å²) in [5.74, 6) is 0.904. The summed E-state index contributed by atoms with van der Waals surface area (Å²) >= 11 is 0. The molecule has 0 aliphatic rings. The molecular formula is C8H10N6O. The van der Waals surface area contributed by atoms with Crippen molar-refractivity contribution in [2.75, 3.05) is 11.1 Å². The van der Waals surface area contributed by atoms with Crippen molar-refractivity contribution in [1.82, 2.24) is 19.9 Å². The fraction of sp³-hybridized carbons (Fsp3) is 0.250. The zero-order valence-corrected chi connectivity index (χ0v) is 8.33. The highest BCUT2D eigenvalue weighted by molar-refractivity contribution is 5.96. The predicted octanol–water partition coefficient (Wildman–Crippen LogP) is 0.202. The Balaban J connectivity index is 2.64. The highest BCUT2D eigenvalue weighted by Gasteiger charge is 2.10. The molecule has 2 rings (SSSR count). The van der Waals surface area contributed by atoms with E-state index in [4.69, 9.17) is 5.73 Å². The molecule has 0 bridgehead atoms. The van der Waals surface area contributed by atoms with Crippen molar-refractivity contribution in [3.8, 4) is 0 Å². The summed E-state index contributed by atoms with van der Waals surface area (Å²) < 4.78 is 0. The second-order valence-corrected chi connectivity index (χ2v) is 3.13. The minimum absolute atomic E-state index is 0.0813. The van der Waals surface area contributed by atoms with Gasteiger partial charge in [-0.15, -0.1) is 0 Å². The third kappa shape index (κ3) is 1.71. The Hall–Kier alpha value is -2.18. The first-order valence-corrected chi connectivity index (χ1v) is 4.33. The van der Waals surface area contributed by atoms with E-state index in [1.165, 1.54) is 6.92 Å². The van der Waals surface area contributed by atoms with Crippen LogP contribution in [0.3, 0.4) is 0 Å². The third-order valence-electron chi connectivity index (χ3n) is 1.78. The normalized spacial score (nSPS) is 10.5. The number of imidazole rings is 1. The summed E-state index contributed by atoms with van der Waals surface area (Å²) in [4.78, 5) is 25.8. The van der Waals surface area contributed by atoms with Crippen molar-refractivity contribution in [2.45, 2.75) is 13.8 Å². The molecule has 2 heterocycles. The van der Waals surface area contributed by atoms with Gasteiger partial charge in [-0.3, -0.25) is 4.79 Å². The van der Waals surface area contributed by atoms with Gasteiger partial charge in [-0.05, 0) is 6.92 Å². The highest BCUT2D eigenvalue weighted by atomic mass is 16.1. The molecule has 4 N–H and O–H groups in total. The van der Waals surface area contributed by atoms with Crippen LogP contribution in [0.25, 0.3) is 11.2 Å². The van der Waals surface area contributed by atoms with Crippen LogP contribution in [0.5, 0.6) is 0 Å². The molecular weight excluding hydrogens is 196 g/mol. The van der Waals surface area contributed by atoms with Crippen LogP contribution in [0.4, 0.5) is 11.8 Å². The van der Waals surface area contributed by atoms with Crippen LogP contribution >= 0.6 is 0 Å².